The minimum Gasteiger partial charge on any atom is -0.477 e. The molecule has 24 heavy (non-hydrogen) atoms. The second kappa shape index (κ2) is 7.41. The minimum absolute atomic E-state index is 0.307. The first-order valence-electron chi connectivity index (χ1n) is 7.68. The van der Waals surface area contributed by atoms with Crippen molar-refractivity contribution in [2.45, 2.75) is 6.92 Å². The van der Waals surface area contributed by atoms with Crippen LogP contribution in [0.15, 0.2) is 76.2 Å². The third kappa shape index (κ3) is 3.54. The average molecular weight is 382 g/mol. The van der Waals surface area contributed by atoms with E-state index in [0.29, 0.717) is 18.1 Å². The van der Waals surface area contributed by atoms with Gasteiger partial charge in [-0.2, -0.15) is 4.99 Å². The zero-order valence-electron chi connectivity index (χ0n) is 13.2. The lowest BCUT2D eigenvalue weighted by molar-refractivity contribution is 0.100. The highest BCUT2D eigenvalue weighted by Crippen LogP contribution is 2.20. The van der Waals surface area contributed by atoms with Gasteiger partial charge in [-0.3, -0.25) is 4.79 Å². The second-order valence-corrected chi connectivity index (χ2v) is 6.10. The first kappa shape index (κ1) is 16.4. The molecule has 3 nitrogen and oxygen atoms in total. The molecule has 0 aromatic heterocycles. The lowest BCUT2D eigenvalue weighted by atomic mass is 10.0. The van der Waals surface area contributed by atoms with Crippen LogP contribution in [0.5, 0.6) is 0 Å². The SMILES string of the molecule is CCOC(=NC(=O)c1cccc2ccccc12)c1ccc(Br)cc1. The van der Waals surface area contributed by atoms with Gasteiger partial charge >= 0.3 is 0 Å². The minimum atomic E-state index is -0.307. The Morgan fingerprint density at radius 2 is 1.71 bits per heavy atom. The van der Waals surface area contributed by atoms with Crippen molar-refractivity contribution >= 4 is 38.5 Å². The number of carbonyl (C=O) groups excluding carboxylic acids is 1. The van der Waals surface area contributed by atoms with Crippen LogP contribution in [0.25, 0.3) is 10.8 Å². The highest BCUT2D eigenvalue weighted by atomic mass is 79.9. The fraction of sp³-hybridized carbons (Fsp3) is 0.100. The van der Waals surface area contributed by atoms with Crippen molar-refractivity contribution in [3.63, 3.8) is 0 Å². The summed E-state index contributed by atoms with van der Waals surface area (Å²) in [5.41, 5.74) is 1.34. The van der Waals surface area contributed by atoms with Crippen LogP contribution in [0.3, 0.4) is 0 Å². The largest absolute Gasteiger partial charge is 0.477 e. The monoisotopic (exact) mass is 381 g/mol. The molecule has 4 heteroatoms. The number of carbonyl (C=O) groups is 1. The van der Waals surface area contributed by atoms with Gasteiger partial charge < -0.3 is 4.74 Å². The van der Waals surface area contributed by atoms with Crippen molar-refractivity contribution in [2.24, 2.45) is 4.99 Å². The topological polar surface area (TPSA) is 38.7 Å². The molecule has 0 N–H and O–H groups in total. The molecule has 0 bridgehead atoms. The summed E-state index contributed by atoms with van der Waals surface area (Å²) >= 11 is 3.40. The van der Waals surface area contributed by atoms with Gasteiger partial charge in [0.25, 0.3) is 5.91 Å². The van der Waals surface area contributed by atoms with E-state index in [1.165, 1.54) is 0 Å². The van der Waals surface area contributed by atoms with E-state index >= 15 is 0 Å². The number of aliphatic imine (C=N–C) groups is 1. The molecule has 3 aromatic carbocycles. The van der Waals surface area contributed by atoms with E-state index < -0.39 is 0 Å². The molecule has 0 atom stereocenters. The Morgan fingerprint density at radius 1 is 1.00 bits per heavy atom. The Hall–Kier alpha value is -2.46. The molecule has 0 aliphatic carbocycles. The fourth-order valence-corrected chi connectivity index (χ4v) is 2.74. The summed E-state index contributed by atoms with van der Waals surface area (Å²) in [6, 6.07) is 20.9. The maximum atomic E-state index is 12.7. The normalized spacial score (nSPS) is 11.5. The van der Waals surface area contributed by atoms with Crippen molar-refractivity contribution < 1.29 is 9.53 Å². The van der Waals surface area contributed by atoms with E-state index in [0.717, 1.165) is 20.8 Å². The maximum absolute atomic E-state index is 12.7. The van der Waals surface area contributed by atoms with Crippen molar-refractivity contribution in [3.8, 4) is 0 Å². The number of halogens is 1. The molecule has 0 unspecified atom stereocenters. The summed E-state index contributed by atoms with van der Waals surface area (Å²) in [6.45, 7) is 2.31. The predicted octanol–water partition coefficient (Wildman–Crippen LogP) is 5.23. The predicted molar refractivity (Wildman–Crippen MR) is 101 cm³/mol. The van der Waals surface area contributed by atoms with Gasteiger partial charge in [-0.05, 0) is 48.0 Å². The van der Waals surface area contributed by atoms with Crippen LogP contribution in [0.4, 0.5) is 0 Å². The number of rotatable bonds is 3. The van der Waals surface area contributed by atoms with Crippen LogP contribution in [0.1, 0.15) is 22.8 Å². The van der Waals surface area contributed by atoms with Crippen LogP contribution < -0.4 is 0 Å². The number of ether oxygens (including phenoxy) is 1. The number of hydrogen-bond donors (Lipinski definition) is 0. The van der Waals surface area contributed by atoms with E-state index in [1.54, 1.807) is 6.07 Å². The molecule has 1 amide bonds. The van der Waals surface area contributed by atoms with E-state index in [9.17, 15) is 4.79 Å². The standard InChI is InChI=1S/C20H16BrNO2/c1-2-24-20(15-10-12-16(21)13-11-15)22-19(23)18-9-5-7-14-6-3-4-8-17(14)18/h3-13H,2H2,1H3. The number of fused-ring (bicyclic) bond motifs is 1. The lowest BCUT2D eigenvalue weighted by Crippen LogP contribution is -2.10. The van der Waals surface area contributed by atoms with Gasteiger partial charge in [0.15, 0.2) is 0 Å². The third-order valence-corrected chi connectivity index (χ3v) is 4.12. The van der Waals surface area contributed by atoms with Crippen LogP contribution in [0, 0.1) is 0 Å². The van der Waals surface area contributed by atoms with Gasteiger partial charge in [-0.15, -0.1) is 0 Å². The Morgan fingerprint density at radius 3 is 2.46 bits per heavy atom. The Bertz CT molecular complexity index is 896. The summed E-state index contributed by atoms with van der Waals surface area (Å²) in [4.78, 5) is 16.9. The molecule has 0 saturated heterocycles. The highest BCUT2D eigenvalue weighted by molar-refractivity contribution is 9.10. The van der Waals surface area contributed by atoms with E-state index in [-0.39, 0.29) is 5.91 Å². The molecule has 0 aliphatic heterocycles. The average Bonchev–Trinajstić information content (AvgIpc) is 2.61. The molecule has 3 rings (SSSR count). The van der Waals surface area contributed by atoms with Crippen LogP contribution in [-0.2, 0) is 4.74 Å². The van der Waals surface area contributed by atoms with Crippen LogP contribution >= 0.6 is 15.9 Å². The summed E-state index contributed by atoms with van der Waals surface area (Å²) < 4.78 is 6.55. The number of nitrogens with zero attached hydrogens (tertiary/aromatic N) is 1. The highest BCUT2D eigenvalue weighted by Gasteiger charge is 2.12. The maximum Gasteiger partial charge on any atom is 0.280 e. The smallest absolute Gasteiger partial charge is 0.280 e. The van der Waals surface area contributed by atoms with E-state index in [1.807, 2.05) is 67.6 Å². The third-order valence-electron chi connectivity index (χ3n) is 3.60. The molecule has 0 spiro atoms. The van der Waals surface area contributed by atoms with Crippen LogP contribution in [-0.4, -0.2) is 18.4 Å². The molecule has 0 aliphatic rings. The summed E-state index contributed by atoms with van der Waals surface area (Å²) in [7, 11) is 0. The quantitative estimate of drug-likeness (QED) is 0.460. The molecule has 0 heterocycles. The first-order chi connectivity index (χ1) is 11.7. The van der Waals surface area contributed by atoms with Gasteiger partial charge in [-0.1, -0.05) is 52.3 Å². The van der Waals surface area contributed by atoms with E-state index in [4.69, 9.17) is 4.74 Å². The molecule has 0 saturated carbocycles. The van der Waals surface area contributed by atoms with Crippen molar-refractivity contribution in [3.05, 3.63) is 82.3 Å². The van der Waals surface area contributed by atoms with E-state index in [2.05, 4.69) is 20.9 Å². The summed E-state index contributed by atoms with van der Waals surface area (Å²) in [5, 5.41) is 1.90. The lowest BCUT2D eigenvalue weighted by Gasteiger charge is -2.08. The van der Waals surface area contributed by atoms with Crippen LogP contribution in [0.2, 0.25) is 0 Å². The van der Waals surface area contributed by atoms with Crippen molar-refractivity contribution in [1.82, 2.24) is 0 Å². The second-order valence-electron chi connectivity index (χ2n) is 5.19. The molecule has 3 aromatic rings. The van der Waals surface area contributed by atoms with Gasteiger partial charge in [0, 0.05) is 15.6 Å². The zero-order chi connectivity index (χ0) is 16.9. The number of benzene rings is 3. The fourth-order valence-electron chi connectivity index (χ4n) is 2.47. The van der Waals surface area contributed by atoms with Gasteiger partial charge in [0.2, 0.25) is 5.90 Å². The van der Waals surface area contributed by atoms with Gasteiger partial charge in [-0.25, -0.2) is 0 Å². The summed E-state index contributed by atoms with van der Waals surface area (Å²) in [5.74, 6) is 0.0288. The molecular formula is C20H16BrNO2. The van der Waals surface area contributed by atoms with Crippen molar-refractivity contribution in [2.75, 3.05) is 6.61 Å². The number of amides is 1. The number of hydrogen-bond acceptors (Lipinski definition) is 2. The first-order valence-corrected chi connectivity index (χ1v) is 8.48. The molecule has 0 fully saturated rings. The summed E-state index contributed by atoms with van der Waals surface area (Å²) in [6.07, 6.45) is 0. The Kier molecular flexibility index (Phi) is 5.06. The Balaban J connectivity index is 2.02. The molecular weight excluding hydrogens is 366 g/mol. The molecule has 120 valence electrons. The van der Waals surface area contributed by atoms with Gasteiger partial charge in [0.1, 0.15) is 0 Å². The Labute approximate surface area is 149 Å². The van der Waals surface area contributed by atoms with Crippen molar-refractivity contribution in [1.29, 1.82) is 0 Å². The zero-order valence-corrected chi connectivity index (χ0v) is 14.8. The molecule has 0 radical (unpaired) electrons. The van der Waals surface area contributed by atoms with Gasteiger partial charge in [0.05, 0.1) is 6.61 Å².